The predicted molar refractivity (Wildman–Crippen MR) is 63.2 cm³/mol. The first-order chi connectivity index (χ1) is 7.49. The molecule has 0 aromatic rings. The normalized spacial score (nSPS) is 12.5. The fraction of sp³-hybridized carbons (Fsp3) is 0.833. The number of hydrogen-bond donors (Lipinski definition) is 2. The molecule has 0 radical (unpaired) electrons. The summed E-state index contributed by atoms with van der Waals surface area (Å²) >= 11 is 0. The van der Waals surface area contributed by atoms with Crippen molar-refractivity contribution in [1.29, 1.82) is 0 Å². The summed E-state index contributed by atoms with van der Waals surface area (Å²) in [6.07, 6.45) is 3.65. The summed E-state index contributed by atoms with van der Waals surface area (Å²) in [6.45, 7) is 5.72. The van der Waals surface area contributed by atoms with Gasteiger partial charge in [-0.2, -0.15) is 0 Å². The SMILES string of the molecule is CCC(CC)CC(CCC(=O)O)NC(C)=O. The molecule has 1 atom stereocenters. The van der Waals surface area contributed by atoms with E-state index in [-0.39, 0.29) is 18.4 Å². The van der Waals surface area contributed by atoms with E-state index in [9.17, 15) is 9.59 Å². The van der Waals surface area contributed by atoms with Crippen molar-refractivity contribution in [2.24, 2.45) is 5.92 Å². The summed E-state index contributed by atoms with van der Waals surface area (Å²) in [7, 11) is 0. The first-order valence-corrected chi connectivity index (χ1v) is 5.98. The molecule has 0 aliphatic carbocycles. The number of amides is 1. The van der Waals surface area contributed by atoms with Gasteiger partial charge in [0, 0.05) is 19.4 Å². The topological polar surface area (TPSA) is 66.4 Å². The molecule has 0 saturated carbocycles. The number of carbonyl (C=O) groups excluding carboxylic acids is 1. The minimum Gasteiger partial charge on any atom is -0.481 e. The maximum absolute atomic E-state index is 11.0. The van der Waals surface area contributed by atoms with Crippen molar-refractivity contribution in [3.8, 4) is 0 Å². The number of hydrogen-bond acceptors (Lipinski definition) is 2. The van der Waals surface area contributed by atoms with Crippen molar-refractivity contribution >= 4 is 11.9 Å². The summed E-state index contributed by atoms with van der Waals surface area (Å²) in [5.41, 5.74) is 0. The Kier molecular flexibility index (Phi) is 7.60. The monoisotopic (exact) mass is 229 g/mol. The highest BCUT2D eigenvalue weighted by Gasteiger charge is 2.16. The summed E-state index contributed by atoms with van der Waals surface area (Å²) in [5.74, 6) is -0.327. The lowest BCUT2D eigenvalue weighted by Crippen LogP contribution is -2.35. The molecule has 2 N–H and O–H groups in total. The Morgan fingerprint density at radius 3 is 2.19 bits per heavy atom. The fourth-order valence-electron chi connectivity index (χ4n) is 1.86. The maximum Gasteiger partial charge on any atom is 0.303 e. The predicted octanol–water partition coefficient (Wildman–Crippen LogP) is 2.18. The van der Waals surface area contributed by atoms with Gasteiger partial charge in [-0.15, -0.1) is 0 Å². The third-order valence-electron chi connectivity index (χ3n) is 2.89. The number of carbonyl (C=O) groups is 2. The molecule has 0 fully saturated rings. The van der Waals surface area contributed by atoms with Gasteiger partial charge in [-0.3, -0.25) is 9.59 Å². The highest BCUT2D eigenvalue weighted by atomic mass is 16.4. The van der Waals surface area contributed by atoms with Crippen molar-refractivity contribution in [2.75, 3.05) is 0 Å². The Hall–Kier alpha value is -1.06. The molecule has 4 heteroatoms. The van der Waals surface area contributed by atoms with E-state index in [4.69, 9.17) is 5.11 Å². The van der Waals surface area contributed by atoms with Gasteiger partial charge in [0.25, 0.3) is 0 Å². The second kappa shape index (κ2) is 8.13. The van der Waals surface area contributed by atoms with Crippen LogP contribution in [0.25, 0.3) is 0 Å². The van der Waals surface area contributed by atoms with Crippen LogP contribution < -0.4 is 5.32 Å². The van der Waals surface area contributed by atoms with Crippen LogP contribution in [0.1, 0.15) is 52.9 Å². The van der Waals surface area contributed by atoms with Gasteiger partial charge < -0.3 is 10.4 Å². The van der Waals surface area contributed by atoms with Gasteiger partial charge in [0.05, 0.1) is 0 Å². The lowest BCUT2D eigenvalue weighted by atomic mass is 9.92. The van der Waals surface area contributed by atoms with E-state index in [0.717, 1.165) is 19.3 Å². The summed E-state index contributed by atoms with van der Waals surface area (Å²) in [5, 5.41) is 11.5. The van der Waals surface area contributed by atoms with Crippen LogP contribution in [-0.4, -0.2) is 23.0 Å². The highest BCUT2D eigenvalue weighted by molar-refractivity contribution is 5.73. The molecule has 0 bridgehead atoms. The van der Waals surface area contributed by atoms with Crippen LogP contribution in [0.3, 0.4) is 0 Å². The molecule has 94 valence electrons. The first kappa shape index (κ1) is 14.9. The Morgan fingerprint density at radius 2 is 1.81 bits per heavy atom. The van der Waals surface area contributed by atoms with Crippen molar-refractivity contribution in [3.05, 3.63) is 0 Å². The maximum atomic E-state index is 11.0. The highest BCUT2D eigenvalue weighted by Crippen LogP contribution is 2.17. The zero-order valence-electron chi connectivity index (χ0n) is 10.5. The lowest BCUT2D eigenvalue weighted by molar-refractivity contribution is -0.137. The van der Waals surface area contributed by atoms with E-state index in [1.165, 1.54) is 6.92 Å². The summed E-state index contributed by atoms with van der Waals surface area (Å²) in [6, 6.07) is -0.00139. The van der Waals surface area contributed by atoms with Gasteiger partial charge in [-0.25, -0.2) is 0 Å². The zero-order valence-corrected chi connectivity index (χ0v) is 10.5. The lowest BCUT2D eigenvalue weighted by Gasteiger charge is -2.22. The second-order valence-electron chi connectivity index (χ2n) is 4.25. The molecular formula is C12H23NO3. The minimum atomic E-state index is -0.806. The molecule has 1 amide bonds. The molecule has 0 spiro atoms. The smallest absolute Gasteiger partial charge is 0.303 e. The number of carboxylic acid groups (broad SMARTS) is 1. The van der Waals surface area contributed by atoms with E-state index in [2.05, 4.69) is 19.2 Å². The molecule has 1 unspecified atom stereocenters. The van der Waals surface area contributed by atoms with E-state index in [1.807, 2.05) is 0 Å². The van der Waals surface area contributed by atoms with E-state index in [1.54, 1.807) is 0 Å². The van der Waals surface area contributed by atoms with Crippen LogP contribution >= 0.6 is 0 Å². The molecule has 0 heterocycles. The number of carboxylic acids is 1. The molecule has 0 aliphatic heterocycles. The Balaban J connectivity index is 4.18. The minimum absolute atomic E-state index is 0.00139. The van der Waals surface area contributed by atoms with Crippen molar-refractivity contribution in [1.82, 2.24) is 5.32 Å². The Bertz CT molecular complexity index is 224. The summed E-state index contributed by atoms with van der Waals surface area (Å²) in [4.78, 5) is 21.5. The quantitative estimate of drug-likeness (QED) is 0.670. The standard InChI is InChI=1S/C12H23NO3/c1-4-10(5-2)8-11(13-9(3)14)6-7-12(15)16/h10-11H,4-8H2,1-3H3,(H,13,14)(H,15,16). The third-order valence-corrected chi connectivity index (χ3v) is 2.89. The molecule has 0 saturated heterocycles. The van der Waals surface area contributed by atoms with Gasteiger partial charge in [0.15, 0.2) is 0 Å². The van der Waals surface area contributed by atoms with Crippen LogP contribution in [0.2, 0.25) is 0 Å². The van der Waals surface area contributed by atoms with Crippen LogP contribution in [0.4, 0.5) is 0 Å². The van der Waals surface area contributed by atoms with Crippen LogP contribution in [0, 0.1) is 5.92 Å². The van der Waals surface area contributed by atoms with Gasteiger partial charge in [-0.1, -0.05) is 26.7 Å². The third kappa shape index (κ3) is 7.26. The average molecular weight is 229 g/mol. The Labute approximate surface area is 97.4 Å². The van der Waals surface area contributed by atoms with Crippen LogP contribution in [0.5, 0.6) is 0 Å². The average Bonchev–Trinajstić information content (AvgIpc) is 2.21. The molecule has 4 nitrogen and oxygen atoms in total. The van der Waals surface area contributed by atoms with Crippen molar-refractivity contribution in [3.63, 3.8) is 0 Å². The fourth-order valence-corrected chi connectivity index (χ4v) is 1.86. The van der Waals surface area contributed by atoms with E-state index >= 15 is 0 Å². The number of aliphatic carboxylic acids is 1. The molecular weight excluding hydrogens is 206 g/mol. The number of rotatable bonds is 8. The Morgan fingerprint density at radius 1 is 1.25 bits per heavy atom. The van der Waals surface area contributed by atoms with Gasteiger partial charge in [0.2, 0.25) is 5.91 Å². The molecule has 16 heavy (non-hydrogen) atoms. The van der Waals surface area contributed by atoms with Gasteiger partial charge >= 0.3 is 5.97 Å². The van der Waals surface area contributed by atoms with E-state index < -0.39 is 5.97 Å². The van der Waals surface area contributed by atoms with Gasteiger partial charge in [-0.05, 0) is 18.8 Å². The molecule has 0 aromatic heterocycles. The molecule has 0 rings (SSSR count). The van der Waals surface area contributed by atoms with Crippen LogP contribution in [0.15, 0.2) is 0 Å². The largest absolute Gasteiger partial charge is 0.481 e. The second-order valence-corrected chi connectivity index (χ2v) is 4.25. The molecule has 0 aliphatic rings. The summed E-state index contributed by atoms with van der Waals surface area (Å²) < 4.78 is 0. The zero-order chi connectivity index (χ0) is 12.6. The van der Waals surface area contributed by atoms with Gasteiger partial charge in [0.1, 0.15) is 0 Å². The van der Waals surface area contributed by atoms with E-state index in [0.29, 0.717) is 12.3 Å². The van der Waals surface area contributed by atoms with Crippen molar-refractivity contribution < 1.29 is 14.7 Å². The van der Waals surface area contributed by atoms with Crippen molar-refractivity contribution in [2.45, 2.75) is 58.9 Å². The first-order valence-electron chi connectivity index (χ1n) is 5.98. The number of nitrogens with one attached hydrogen (secondary N) is 1. The van der Waals surface area contributed by atoms with Crippen LogP contribution in [-0.2, 0) is 9.59 Å². The molecule has 0 aromatic carbocycles.